The summed E-state index contributed by atoms with van der Waals surface area (Å²) in [7, 11) is 0. The fourth-order valence-corrected chi connectivity index (χ4v) is 4.13. The molecule has 1 N–H and O–H groups in total. The summed E-state index contributed by atoms with van der Waals surface area (Å²) in [6, 6.07) is 5.62. The van der Waals surface area contributed by atoms with E-state index < -0.39 is 5.41 Å². The number of halogens is 1. The number of nitrogens with zero attached hydrogens (tertiary/aromatic N) is 2. The lowest BCUT2D eigenvalue weighted by atomic mass is 9.78. The van der Waals surface area contributed by atoms with E-state index in [0.29, 0.717) is 24.7 Å². The molecule has 0 bridgehead atoms. The van der Waals surface area contributed by atoms with Crippen molar-refractivity contribution < 1.29 is 14.0 Å². The molecule has 4 rings (SSSR count). The Morgan fingerprint density at radius 3 is 2.88 bits per heavy atom. The van der Waals surface area contributed by atoms with Gasteiger partial charge in [0.25, 0.3) is 0 Å². The minimum atomic E-state index is -0.410. The number of amides is 3. The number of rotatable bonds is 3. The molecule has 1 spiro atoms. The van der Waals surface area contributed by atoms with E-state index in [2.05, 4.69) is 5.32 Å². The average Bonchev–Trinajstić information content (AvgIpc) is 3.30. The predicted octanol–water partition coefficient (Wildman–Crippen LogP) is 3.08. The highest BCUT2D eigenvalue weighted by molar-refractivity contribution is 5.91. The molecule has 0 aromatic heterocycles. The maximum atomic E-state index is 13.3. The quantitative estimate of drug-likeness (QED) is 0.915. The lowest BCUT2D eigenvalue weighted by molar-refractivity contribution is -0.145. The van der Waals surface area contributed by atoms with E-state index in [0.717, 1.165) is 32.4 Å². The van der Waals surface area contributed by atoms with Crippen molar-refractivity contribution in [1.82, 2.24) is 9.80 Å². The van der Waals surface area contributed by atoms with Crippen LogP contribution in [0.15, 0.2) is 24.3 Å². The molecule has 1 unspecified atom stereocenters. The van der Waals surface area contributed by atoms with E-state index in [1.54, 1.807) is 17.0 Å². The van der Waals surface area contributed by atoms with Gasteiger partial charge in [-0.2, -0.15) is 0 Å². The second-order valence-corrected chi connectivity index (χ2v) is 7.69. The molecule has 6 heteroatoms. The van der Waals surface area contributed by atoms with Crippen LogP contribution in [0.5, 0.6) is 0 Å². The molecule has 1 aromatic rings. The van der Waals surface area contributed by atoms with E-state index in [-0.39, 0.29) is 17.8 Å². The van der Waals surface area contributed by atoms with Crippen molar-refractivity contribution in [2.24, 2.45) is 11.3 Å². The highest BCUT2D eigenvalue weighted by Crippen LogP contribution is 2.41. The second kappa shape index (κ2) is 6.32. The molecule has 1 atom stereocenters. The van der Waals surface area contributed by atoms with Gasteiger partial charge in [-0.05, 0) is 56.2 Å². The van der Waals surface area contributed by atoms with Crippen molar-refractivity contribution in [2.45, 2.75) is 32.1 Å². The van der Waals surface area contributed by atoms with Gasteiger partial charge in [0.2, 0.25) is 5.91 Å². The second-order valence-electron chi connectivity index (χ2n) is 7.69. The summed E-state index contributed by atoms with van der Waals surface area (Å²) in [5.41, 5.74) is 0.0307. The van der Waals surface area contributed by atoms with Gasteiger partial charge < -0.3 is 15.1 Å². The molecule has 134 valence electrons. The van der Waals surface area contributed by atoms with Crippen molar-refractivity contribution in [3.8, 4) is 0 Å². The van der Waals surface area contributed by atoms with Crippen LogP contribution in [0.25, 0.3) is 0 Å². The standard InChI is InChI=1S/C19H24FN3O2/c20-15-3-1-4-16(11-15)21-18(25)23-10-8-19(13-23)7-2-9-22(17(19)24)12-14-5-6-14/h1,3-4,11,14H,2,5-10,12-13H2,(H,21,25). The number of piperidine rings is 1. The Hall–Kier alpha value is -2.11. The van der Waals surface area contributed by atoms with Crippen LogP contribution in [-0.2, 0) is 4.79 Å². The van der Waals surface area contributed by atoms with Crippen LogP contribution in [0.1, 0.15) is 32.1 Å². The predicted molar refractivity (Wildman–Crippen MR) is 92.6 cm³/mol. The topological polar surface area (TPSA) is 52.7 Å². The SMILES string of the molecule is O=C(Nc1cccc(F)c1)N1CCC2(CCCN(CC3CC3)C2=O)C1. The zero-order chi connectivity index (χ0) is 17.4. The third-order valence-corrected chi connectivity index (χ3v) is 5.72. The Morgan fingerprint density at radius 1 is 1.28 bits per heavy atom. The summed E-state index contributed by atoms with van der Waals surface area (Å²) in [4.78, 5) is 29.2. The Morgan fingerprint density at radius 2 is 2.12 bits per heavy atom. The first-order chi connectivity index (χ1) is 12.1. The number of carbonyl (C=O) groups is 2. The van der Waals surface area contributed by atoms with E-state index >= 15 is 0 Å². The zero-order valence-electron chi connectivity index (χ0n) is 14.3. The lowest BCUT2D eigenvalue weighted by Crippen LogP contribution is -2.51. The van der Waals surface area contributed by atoms with Gasteiger partial charge in [0, 0.05) is 31.9 Å². The maximum absolute atomic E-state index is 13.3. The van der Waals surface area contributed by atoms with E-state index in [1.807, 2.05) is 4.90 Å². The Kier molecular flexibility index (Phi) is 4.13. The molecule has 25 heavy (non-hydrogen) atoms. The van der Waals surface area contributed by atoms with Crippen LogP contribution in [-0.4, -0.2) is 47.9 Å². The molecule has 1 saturated carbocycles. The maximum Gasteiger partial charge on any atom is 0.321 e. The van der Waals surface area contributed by atoms with Gasteiger partial charge >= 0.3 is 6.03 Å². The number of nitrogens with one attached hydrogen (secondary N) is 1. The summed E-state index contributed by atoms with van der Waals surface area (Å²) in [5.74, 6) is 0.536. The van der Waals surface area contributed by atoms with Crippen LogP contribution in [0.2, 0.25) is 0 Å². The smallest absolute Gasteiger partial charge is 0.321 e. The summed E-state index contributed by atoms with van der Waals surface area (Å²) in [6.45, 7) is 2.78. The number of likely N-dealkylation sites (tertiary alicyclic amines) is 2. The van der Waals surface area contributed by atoms with Crippen molar-refractivity contribution >= 4 is 17.6 Å². The van der Waals surface area contributed by atoms with Gasteiger partial charge in [0.05, 0.1) is 5.41 Å². The Bertz CT molecular complexity index is 691. The Labute approximate surface area is 147 Å². The third-order valence-electron chi connectivity index (χ3n) is 5.72. The highest BCUT2D eigenvalue weighted by atomic mass is 19.1. The van der Waals surface area contributed by atoms with Gasteiger partial charge in [-0.3, -0.25) is 4.79 Å². The van der Waals surface area contributed by atoms with Crippen molar-refractivity contribution in [2.75, 3.05) is 31.5 Å². The molecule has 2 saturated heterocycles. The summed E-state index contributed by atoms with van der Waals surface area (Å²) in [5, 5.41) is 2.74. The lowest BCUT2D eigenvalue weighted by Gasteiger charge is -2.39. The van der Waals surface area contributed by atoms with Crippen LogP contribution in [0, 0.1) is 17.2 Å². The number of benzene rings is 1. The van der Waals surface area contributed by atoms with Crippen LogP contribution < -0.4 is 5.32 Å². The van der Waals surface area contributed by atoms with Gasteiger partial charge in [0.15, 0.2) is 0 Å². The summed E-state index contributed by atoms with van der Waals surface area (Å²) < 4.78 is 13.3. The molecule has 0 radical (unpaired) electrons. The number of carbonyl (C=O) groups excluding carboxylic acids is 2. The Balaban J connectivity index is 1.41. The number of anilines is 1. The normalized spacial score (nSPS) is 26.4. The van der Waals surface area contributed by atoms with E-state index in [4.69, 9.17) is 0 Å². The van der Waals surface area contributed by atoms with Gasteiger partial charge in [-0.1, -0.05) is 6.07 Å². The fourth-order valence-electron chi connectivity index (χ4n) is 4.13. The first kappa shape index (κ1) is 16.4. The molecule has 3 fully saturated rings. The van der Waals surface area contributed by atoms with E-state index in [9.17, 15) is 14.0 Å². The molecule has 1 aliphatic carbocycles. The number of urea groups is 1. The van der Waals surface area contributed by atoms with Crippen LogP contribution >= 0.6 is 0 Å². The molecule has 3 amide bonds. The fraction of sp³-hybridized carbons (Fsp3) is 0.579. The van der Waals surface area contributed by atoms with E-state index in [1.165, 1.54) is 25.0 Å². The van der Waals surface area contributed by atoms with Gasteiger partial charge in [0.1, 0.15) is 5.82 Å². The summed E-state index contributed by atoms with van der Waals surface area (Å²) in [6.07, 6.45) is 5.07. The summed E-state index contributed by atoms with van der Waals surface area (Å²) >= 11 is 0. The van der Waals surface area contributed by atoms with Crippen molar-refractivity contribution in [3.05, 3.63) is 30.1 Å². The third kappa shape index (κ3) is 3.34. The zero-order valence-corrected chi connectivity index (χ0v) is 14.3. The molecular formula is C19H24FN3O2. The van der Waals surface area contributed by atoms with Gasteiger partial charge in [-0.15, -0.1) is 0 Å². The largest absolute Gasteiger partial charge is 0.342 e. The van der Waals surface area contributed by atoms with Crippen molar-refractivity contribution in [3.63, 3.8) is 0 Å². The average molecular weight is 345 g/mol. The monoisotopic (exact) mass is 345 g/mol. The van der Waals surface area contributed by atoms with Crippen LogP contribution in [0.4, 0.5) is 14.9 Å². The first-order valence-electron chi connectivity index (χ1n) is 9.17. The molecule has 2 aliphatic heterocycles. The number of hydrogen-bond donors (Lipinski definition) is 1. The molecule has 2 heterocycles. The minimum absolute atomic E-state index is 0.228. The van der Waals surface area contributed by atoms with Gasteiger partial charge in [-0.25, -0.2) is 9.18 Å². The first-order valence-corrected chi connectivity index (χ1v) is 9.17. The minimum Gasteiger partial charge on any atom is -0.342 e. The van der Waals surface area contributed by atoms with Crippen LogP contribution in [0.3, 0.4) is 0 Å². The molecular weight excluding hydrogens is 321 g/mol. The number of hydrogen-bond acceptors (Lipinski definition) is 2. The molecule has 5 nitrogen and oxygen atoms in total. The highest BCUT2D eigenvalue weighted by Gasteiger charge is 2.49. The molecule has 1 aromatic carbocycles. The molecule has 3 aliphatic rings. The van der Waals surface area contributed by atoms with Crippen molar-refractivity contribution in [1.29, 1.82) is 0 Å².